The molecule has 1 heterocycles. The Morgan fingerprint density at radius 1 is 1.42 bits per heavy atom. The van der Waals surface area contributed by atoms with Gasteiger partial charge in [-0.05, 0) is 57.1 Å². The Kier molecular flexibility index (Phi) is 5.37. The van der Waals surface area contributed by atoms with Crippen molar-refractivity contribution in [1.29, 1.82) is 0 Å². The molecule has 106 valence electrons. The van der Waals surface area contributed by atoms with E-state index in [1.165, 1.54) is 29.5 Å². The first-order valence-corrected chi connectivity index (χ1v) is 7.35. The lowest BCUT2D eigenvalue weighted by atomic mass is 9.95. The minimum absolute atomic E-state index is 0.252. The summed E-state index contributed by atoms with van der Waals surface area (Å²) in [7, 11) is 0. The highest BCUT2D eigenvalue weighted by Gasteiger charge is 2.17. The van der Waals surface area contributed by atoms with E-state index in [9.17, 15) is 0 Å². The van der Waals surface area contributed by atoms with Gasteiger partial charge in [-0.15, -0.1) is 0 Å². The van der Waals surface area contributed by atoms with Crippen LogP contribution in [0.5, 0.6) is 0 Å². The fraction of sp³-hybridized carbons (Fsp3) is 0.625. The summed E-state index contributed by atoms with van der Waals surface area (Å²) in [4.78, 5) is 0. The Labute approximate surface area is 116 Å². The molecule has 0 saturated carbocycles. The van der Waals surface area contributed by atoms with Crippen LogP contribution in [0.15, 0.2) is 18.2 Å². The first-order chi connectivity index (χ1) is 9.20. The van der Waals surface area contributed by atoms with Crippen LogP contribution in [0, 0.1) is 13.8 Å². The second kappa shape index (κ2) is 7.04. The zero-order chi connectivity index (χ0) is 13.7. The number of benzene rings is 1. The van der Waals surface area contributed by atoms with Gasteiger partial charge in [-0.2, -0.15) is 0 Å². The summed E-state index contributed by atoms with van der Waals surface area (Å²) in [5, 5.41) is 0. The minimum atomic E-state index is 0.252. The number of rotatable bonds is 6. The summed E-state index contributed by atoms with van der Waals surface area (Å²) in [6.45, 7) is 5.23. The van der Waals surface area contributed by atoms with Crippen molar-refractivity contribution in [2.75, 3.05) is 6.61 Å². The van der Waals surface area contributed by atoms with Gasteiger partial charge in [0.05, 0.1) is 6.10 Å². The molecule has 3 N–H and O–H groups in total. The van der Waals surface area contributed by atoms with Crippen LogP contribution >= 0.6 is 0 Å². The van der Waals surface area contributed by atoms with Crippen LogP contribution in [0.2, 0.25) is 0 Å². The molecule has 2 unspecified atom stereocenters. The number of hydrazine groups is 1. The molecule has 0 aromatic heterocycles. The summed E-state index contributed by atoms with van der Waals surface area (Å²) >= 11 is 0. The van der Waals surface area contributed by atoms with Crippen molar-refractivity contribution in [3.05, 3.63) is 34.9 Å². The largest absolute Gasteiger partial charge is 0.378 e. The molecule has 0 radical (unpaired) electrons. The number of nitrogens with two attached hydrogens (primary N) is 1. The Morgan fingerprint density at radius 2 is 2.26 bits per heavy atom. The number of ether oxygens (including phenoxy) is 1. The molecule has 1 fully saturated rings. The maximum absolute atomic E-state index is 5.72. The van der Waals surface area contributed by atoms with Gasteiger partial charge in [0.25, 0.3) is 0 Å². The molecule has 1 aromatic carbocycles. The van der Waals surface area contributed by atoms with Crippen molar-refractivity contribution >= 4 is 0 Å². The summed E-state index contributed by atoms with van der Waals surface area (Å²) in [6.07, 6.45) is 6.32. The average molecular weight is 262 g/mol. The van der Waals surface area contributed by atoms with Gasteiger partial charge in [0.1, 0.15) is 0 Å². The summed E-state index contributed by atoms with van der Waals surface area (Å²) in [5.74, 6) is 5.72. The molecule has 0 aliphatic carbocycles. The van der Waals surface area contributed by atoms with Crippen LogP contribution in [0.25, 0.3) is 0 Å². The van der Waals surface area contributed by atoms with Crippen LogP contribution in [0.1, 0.15) is 54.8 Å². The van der Waals surface area contributed by atoms with Gasteiger partial charge < -0.3 is 4.74 Å². The number of nitrogens with one attached hydrogen (secondary N) is 1. The Morgan fingerprint density at radius 3 is 2.89 bits per heavy atom. The van der Waals surface area contributed by atoms with Crippen molar-refractivity contribution in [2.45, 2.75) is 58.1 Å². The predicted octanol–water partition coefficient (Wildman–Crippen LogP) is 3.16. The maximum Gasteiger partial charge on any atom is 0.0576 e. The van der Waals surface area contributed by atoms with Crippen LogP contribution in [-0.2, 0) is 4.74 Å². The monoisotopic (exact) mass is 262 g/mol. The summed E-state index contributed by atoms with van der Waals surface area (Å²) in [5.41, 5.74) is 6.90. The minimum Gasteiger partial charge on any atom is -0.378 e. The van der Waals surface area contributed by atoms with E-state index >= 15 is 0 Å². The van der Waals surface area contributed by atoms with Crippen molar-refractivity contribution in [3.8, 4) is 0 Å². The lowest BCUT2D eigenvalue weighted by Gasteiger charge is -2.19. The second-order valence-electron chi connectivity index (χ2n) is 5.65. The van der Waals surface area contributed by atoms with Crippen molar-refractivity contribution in [1.82, 2.24) is 5.43 Å². The molecular formula is C16H26N2O. The average Bonchev–Trinajstić information content (AvgIpc) is 2.89. The quantitative estimate of drug-likeness (QED) is 0.611. The van der Waals surface area contributed by atoms with E-state index in [0.29, 0.717) is 6.10 Å². The van der Waals surface area contributed by atoms with E-state index in [1.807, 2.05) is 0 Å². The van der Waals surface area contributed by atoms with Gasteiger partial charge in [0.15, 0.2) is 0 Å². The molecule has 1 saturated heterocycles. The molecule has 19 heavy (non-hydrogen) atoms. The van der Waals surface area contributed by atoms with Crippen LogP contribution in [-0.4, -0.2) is 12.7 Å². The number of hydrogen-bond acceptors (Lipinski definition) is 3. The third kappa shape index (κ3) is 4.03. The van der Waals surface area contributed by atoms with Gasteiger partial charge in [0, 0.05) is 12.6 Å². The molecule has 0 amide bonds. The fourth-order valence-corrected chi connectivity index (χ4v) is 2.97. The van der Waals surface area contributed by atoms with E-state index in [-0.39, 0.29) is 6.04 Å². The molecule has 0 bridgehead atoms. The smallest absolute Gasteiger partial charge is 0.0576 e. The Hall–Kier alpha value is -0.900. The molecule has 3 heteroatoms. The first-order valence-electron chi connectivity index (χ1n) is 7.35. The SMILES string of the molecule is Cc1ccc(C(CCCC2CCCO2)NN)c(C)c1. The predicted molar refractivity (Wildman–Crippen MR) is 78.8 cm³/mol. The normalized spacial score (nSPS) is 20.7. The molecular weight excluding hydrogens is 236 g/mol. The lowest BCUT2D eigenvalue weighted by molar-refractivity contribution is 0.101. The van der Waals surface area contributed by atoms with Gasteiger partial charge in [0.2, 0.25) is 0 Å². The molecule has 0 spiro atoms. The van der Waals surface area contributed by atoms with Crippen LogP contribution < -0.4 is 11.3 Å². The Balaban J connectivity index is 1.88. The van der Waals surface area contributed by atoms with E-state index in [2.05, 4.69) is 37.5 Å². The van der Waals surface area contributed by atoms with E-state index < -0.39 is 0 Å². The third-order valence-electron chi connectivity index (χ3n) is 4.04. The van der Waals surface area contributed by atoms with Crippen LogP contribution in [0.3, 0.4) is 0 Å². The number of hydrogen-bond donors (Lipinski definition) is 2. The molecule has 3 nitrogen and oxygen atoms in total. The van der Waals surface area contributed by atoms with Crippen molar-refractivity contribution in [2.24, 2.45) is 5.84 Å². The zero-order valence-corrected chi connectivity index (χ0v) is 12.1. The highest BCUT2D eigenvalue weighted by Crippen LogP contribution is 2.25. The topological polar surface area (TPSA) is 47.3 Å². The van der Waals surface area contributed by atoms with Crippen LogP contribution in [0.4, 0.5) is 0 Å². The van der Waals surface area contributed by atoms with E-state index in [0.717, 1.165) is 25.9 Å². The first kappa shape index (κ1) is 14.5. The molecule has 2 atom stereocenters. The van der Waals surface area contributed by atoms with Gasteiger partial charge in [-0.3, -0.25) is 11.3 Å². The molecule has 1 aliphatic heterocycles. The van der Waals surface area contributed by atoms with Crippen molar-refractivity contribution < 1.29 is 4.74 Å². The van der Waals surface area contributed by atoms with Gasteiger partial charge >= 0.3 is 0 Å². The zero-order valence-electron chi connectivity index (χ0n) is 12.1. The summed E-state index contributed by atoms with van der Waals surface area (Å²) < 4.78 is 5.66. The fourth-order valence-electron chi connectivity index (χ4n) is 2.97. The third-order valence-corrected chi connectivity index (χ3v) is 4.04. The van der Waals surface area contributed by atoms with Crippen molar-refractivity contribution in [3.63, 3.8) is 0 Å². The summed E-state index contributed by atoms with van der Waals surface area (Å²) in [6, 6.07) is 6.83. The Bertz CT molecular complexity index is 400. The highest BCUT2D eigenvalue weighted by molar-refractivity contribution is 5.32. The van der Waals surface area contributed by atoms with E-state index in [4.69, 9.17) is 10.6 Å². The lowest BCUT2D eigenvalue weighted by Crippen LogP contribution is -2.28. The molecule has 2 rings (SSSR count). The second-order valence-corrected chi connectivity index (χ2v) is 5.65. The molecule has 1 aromatic rings. The molecule has 1 aliphatic rings. The number of aryl methyl sites for hydroxylation is 2. The van der Waals surface area contributed by atoms with Gasteiger partial charge in [-0.25, -0.2) is 0 Å². The van der Waals surface area contributed by atoms with E-state index in [1.54, 1.807) is 0 Å². The highest BCUT2D eigenvalue weighted by atomic mass is 16.5. The maximum atomic E-state index is 5.72. The van der Waals surface area contributed by atoms with Gasteiger partial charge in [-0.1, -0.05) is 23.8 Å². The standard InChI is InChI=1S/C16H26N2O/c1-12-8-9-15(13(2)11-12)16(18-17)7-3-5-14-6-4-10-19-14/h8-9,11,14,16,18H,3-7,10,17H2,1-2H3.